The molecule has 26 heavy (non-hydrogen) atoms. The van der Waals surface area contributed by atoms with Crippen molar-refractivity contribution in [3.05, 3.63) is 42.1 Å². The average Bonchev–Trinajstić information content (AvgIpc) is 3.42. The van der Waals surface area contributed by atoms with Crippen LogP contribution < -0.4 is 5.32 Å². The van der Waals surface area contributed by atoms with Gasteiger partial charge in [0.2, 0.25) is 5.91 Å². The molecule has 0 bridgehead atoms. The zero-order valence-corrected chi connectivity index (χ0v) is 15.2. The van der Waals surface area contributed by atoms with Crippen LogP contribution in [0.25, 0.3) is 5.69 Å². The summed E-state index contributed by atoms with van der Waals surface area (Å²) in [5.41, 5.74) is 2.08. The number of para-hydroxylation sites is 1. The summed E-state index contributed by atoms with van der Waals surface area (Å²) in [5, 5.41) is 7.91. The molecule has 1 aromatic heterocycles. The highest BCUT2D eigenvalue weighted by Gasteiger charge is 2.23. The maximum Gasteiger partial charge on any atom is 0.225 e. The van der Waals surface area contributed by atoms with Gasteiger partial charge in [-0.25, -0.2) is 4.68 Å². The second-order valence-electron chi connectivity index (χ2n) is 7.41. The monoisotopic (exact) mass is 353 g/mol. The lowest BCUT2D eigenvalue weighted by Gasteiger charge is -2.11. The van der Waals surface area contributed by atoms with E-state index in [1.54, 1.807) is 0 Å². The first-order valence-corrected chi connectivity index (χ1v) is 9.86. The third-order valence-corrected chi connectivity index (χ3v) is 5.49. The average molecular weight is 353 g/mol. The van der Waals surface area contributed by atoms with E-state index in [-0.39, 0.29) is 12.0 Å². The van der Waals surface area contributed by atoms with Crippen molar-refractivity contribution >= 4 is 11.7 Å². The summed E-state index contributed by atoms with van der Waals surface area (Å²) in [6, 6.07) is 12.1. The van der Waals surface area contributed by atoms with Crippen LogP contribution in [0.5, 0.6) is 0 Å². The summed E-state index contributed by atoms with van der Waals surface area (Å²) >= 11 is 0. The second-order valence-corrected chi connectivity index (χ2v) is 7.41. The summed E-state index contributed by atoms with van der Waals surface area (Å²) in [7, 11) is 0. The summed E-state index contributed by atoms with van der Waals surface area (Å²) in [5.74, 6) is 1.33. The van der Waals surface area contributed by atoms with Crippen LogP contribution >= 0.6 is 0 Å². The highest BCUT2D eigenvalue weighted by atomic mass is 16.5. The minimum Gasteiger partial charge on any atom is -0.378 e. The first-order chi connectivity index (χ1) is 12.8. The van der Waals surface area contributed by atoms with Crippen molar-refractivity contribution in [3.8, 4) is 5.69 Å². The van der Waals surface area contributed by atoms with Crippen molar-refractivity contribution in [1.82, 2.24) is 9.78 Å². The molecule has 0 spiro atoms. The van der Waals surface area contributed by atoms with Crippen molar-refractivity contribution < 1.29 is 9.53 Å². The molecule has 0 radical (unpaired) electrons. The number of benzene rings is 1. The Hall–Kier alpha value is -2.14. The summed E-state index contributed by atoms with van der Waals surface area (Å²) in [4.78, 5) is 12.5. The Morgan fingerprint density at radius 3 is 2.69 bits per heavy atom. The number of nitrogens with one attached hydrogen (secondary N) is 1. The molecule has 2 heterocycles. The maximum absolute atomic E-state index is 12.5. The van der Waals surface area contributed by atoms with Gasteiger partial charge in [0.15, 0.2) is 0 Å². The largest absolute Gasteiger partial charge is 0.378 e. The van der Waals surface area contributed by atoms with Crippen molar-refractivity contribution in [2.45, 2.75) is 63.4 Å². The van der Waals surface area contributed by atoms with E-state index in [1.807, 2.05) is 35.0 Å². The van der Waals surface area contributed by atoms with E-state index in [0.29, 0.717) is 12.3 Å². The Bertz CT molecular complexity index is 729. The molecule has 5 heteroatoms. The molecule has 1 unspecified atom stereocenters. The Kier molecular flexibility index (Phi) is 5.34. The Morgan fingerprint density at radius 2 is 1.96 bits per heavy atom. The second kappa shape index (κ2) is 8.04. The van der Waals surface area contributed by atoms with Gasteiger partial charge in [-0.05, 0) is 44.2 Å². The molecule has 1 aliphatic carbocycles. The number of hydrogen-bond donors (Lipinski definition) is 1. The lowest BCUT2D eigenvalue weighted by Crippen LogP contribution is -2.17. The van der Waals surface area contributed by atoms with Crippen LogP contribution in [0.15, 0.2) is 36.4 Å². The van der Waals surface area contributed by atoms with Crippen molar-refractivity contribution in [3.63, 3.8) is 0 Å². The van der Waals surface area contributed by atoms with Gasteiger partial charge >= 0.3 is 0 Å². The Balaban J connectivity index is 1.50. The predicted molar refractivity (Wildman–Crippen MR) is 102 cm³/mol. The van der Waals surface area contributed by atoms with Crippen LogP contribution in [0.1, 0.15) is 63.0 Å². The van der Waals surface area contributed by atoms with E-state index in [9.17, 15) is 4.79 Å². The summed E-state index contributed by atoms with van der Waals surface area (Å²) in [6.45, 7) is 0.831. The van der Waals surface area contributed by atoms with Gasteiger partial charge in [-0.15, -0.1) is 0 Å². The number of carbonyl (C=O) groups is 1. The van der Waals surface area contributed by atoms with Crippen LogP contribution in [-0.4, -0.2) is 28.4 Å². The first kappa shape index (κ1) is 17.3. The van der Waals surface area contributed by atoms with Gasteiger partial charge in [0.25, 0.3) is 0 Å². The van der Waals surface area contributed by atoms with Gasteiger partial charge in [0.1, 0.15) is 5.82 Å². The number of hydrogen-bond acceptors (Lipinski definition) is 3. The van der Waals surface area contributed by atoms with E-state index in [2.05, 4.69) is 11.4 Å². The fourth-order valence-corrected chi connectivity index (χ4v) is 4.04. The SMILES string of the molecule is O=C(CCC1CCCO1)Nc1cc(C2CCCC2)nn1-c1ccccc1. The molecule has 2 aromatic rings. The van der Waals surface area contributed by atoms with E-state index >= 15 is 0 Å². The van der Waals surface area contributed by atoms with Gasteiger partial charge < -0.3 is 10.1 Å². The number of rotatable bonds is 6. The predicted octanol–water partition coefficient (Wildman–Crippen LogP) is 4.43. The van der Waals surface area contributed by atoms with E-state index < -0.39 is 0 Å². The first-order valence-electron chi connectivity index (χ1n) is 9.86. The van der Waals surface area contributed by atoms with E-state index in [0.717, 1.165) is 43.1 Å². The van der Waals surface area contributed by atoms with Gasteiger partial charge in [-0.3, -0.25) is 4.79 Å². The van der Waals surface area contributed by atoms with Crippen LogP contribution in [0.3, 0.4) is 0 Å². The lowest BCUT2D eigenvalue weighted by atomic mass is 10.0. The molecule has 2 fully saturated rings. The minimum absolute atomic E-state index is 0.0375. The molecule has 138 valence electrons. The lowest BCUT2D eigenvalue weighted by molar-refractivity contribution is -0.116. The molecule has 1 amide bonds. The number of carbonyl (C=O) groups excluding carboxylic acids is 1. The molecule has 2 aliphatic rings. The number of aromatic nitrogens is 2. The molecular weight excluding hydrogens is 326 g/mol. The fourth-order valence-electron chi connectivity index (χ4n) is 4.04. The standard InChI is InChI=1S/C21H27N3O2/c25-21(13-12-18-11-6-14-26-18)22-20-15-19(16-7-4-5-8-16)23-24(20)17-9-2-1-3-10-17/h1-3,9-10,15-16,18H,4-8,11-14H2,(H,22,25). The molecule has 1 saturated heterocycles. The van der Waals surface area contributed by atoms with Gasteiger partial charge in [0.05, 0.1) is 17.5 Å². The third kappa shape index (κ3) is 3.98. The van der Waals surface area contributed by atoms with Crippen molar-refractivity contribution in [2.24, 2.45) is 0 Å². The molecule has 5 nitrogen and oxygen atoms in total. The molecule has 1 atom stereocenters. The Morgan fingerprint density at radius 1 is 1.15 bits per heavy atom. The molecule has 1 aromatic carbocycles. The maximum atomic E-state index is 12.5. The van der Waals surface area contributed by atoms with E-state index in [1.165, 1.54) is 25.7 Å². The van der Waals surface area contributed by atoms with Crippen molar-refractivity contribution in [2.75, 3.05) is 11.9 Å². The summed E-state index contributed by atoms with van der Waals surface area (Å²) < 4.78 is 7.49. The van der Waals surface area contributed by atoms with Gasteiger partial charge in [-0.1, -0.05) is 31.0 Å². The highest BCUT2D eigenvalue weighted by molar-refractivity contribution is 5.90. The molecule has 1 saturated carbocycles. The Labute approximate surface area is 154 Å². The highest BCUT2D eigenvalue weighted by Crippen LogP contribution is 2.35. The van der Waals surface area contributed by atoms with Crippen LogP contribution in [-0.2, 0) is 9.53 Å². The van der Waals surface area contributed by atoms with Crippen LogP contribution in [0.4, 0.5) is 5.82 Å². The minimum atomic E-state index is 0.0375. The molecule has 1 aliphatic heterocycles. The molecule has 1 N–H and O–H groups in total. The van der Waals surface area contributed by atoms with Crippen LogP contribution in [0.2, 0.25) is 0 Å². The molecule has 4 rings (SSSR count). The zero-order valence-electron chi connectivity index (χ0n) is 15.2. The smallest absolute Gasteiger partial charge is 0.225 e. The normalized spacial score (nSPS) is 20.5. The number of anilines is 1. The number of ether oxygens (including phenoxy) is 1. The van der Waals surface area contributed by atoms with Crippen LogP contribution in [0, 0.1) is 0 Å². The van der Waals surface area contributed by atoms with E-state index in [4.69, 9.17) is 9.84 Å². The quantitative estimate of drug-likeness (QED) is 0.836. The zero-order chi connectivity index (χ0) is 17.8. The number of nitrogens with zero attached hydrogens (tertiary/aromatic N) is 2. The molecular formula is C21H27N3O2. The van der Waals surface area contributed by atoms with Crippen molar-refractivity contribution in [1.29, 1.82) is 0 Å². The van der Waals surface area contributed by atoms with Gasteiger partial charge in [-0.2, -0.15) is 5.10 Å². The summed E-state index contributed by atoms with van der Waals surface area (Å²) in [6.07, 6.45) is 8.63. The fraction of sp³-hybridized carbons (Fsp3) is 0.524. The number of amides is 1. The topological polar surface area (TPSA) is 56.1 Å². The third-order valence-electron chi connectivity index (χ3n) is 5.49. The van der Waals surface area contributed by atoms with Gasteiger partial charge in [0, 0.05) is 25.0 Å².